The minimum Gasteiger partial charge on any atom is -0.355 e. The first-order valence-corrected chi connectivity index (χ1v) is 8.93. The van der Waals surface area contributed by atoms with E-state index in [1.54, 1.807) is 0 Å². The highest BCUT2D eigenvalue weighted by atomic mass is 127. The maximum Gasteiger partial charge on any atom is 0.191 e. The summed E-state index contributed by atoms with van der Waals surface area (Å²) in [5.74, 6) is 0.936. The Balaban J connectivity index is 0.00000264. The Bertz CT molecular complexity index is 366. The molecule has 5 nitrogen and oxygen atoms in total. The lowest BCUT2D eigenvalue weighted by Gasteiger charge is -2.41. The van der Waals surface area contributed by atoms with Gasteiger partial charge in [0.1, 0.15) is 0 Å². The molecule has 0 amide bonds. The summed E-state index contributed by atoms with van der Waals surface area (Å²) in [6.07, 6.45) is 6.67. The van der Waals surface area contributed by atoms with E-state index < -0.39 is 0 Å². The number of aliphatic imine (C=N–C) groups is 1. The van der Waals surface area contributed by atoms with Gasteiger partial charge in [-0.3, -0.25) is 9.89 Å². The Kier molecular flexibility index (Phi) is 9.15. The predicted octanol–water partition coefficient (Wildman–Crippen LogP) is 2.13. The SMILES string of the molecule is CN=C(NCC1CCCN1C)NCC(C)(C)N1CCCCC1.I. The van der Waals surface area contributed by atoms with Crippen LogP contribution < -0.4 is 10.6 Å². The summed E-state index contributed by atoms with van der Waals surface area (Å²) in [5.41, 5.74) is 0.183. The maximum atomic E-state index is 4.38. The van der Waals surface area contributed by atoms with Gasteiger partial charge < -0.3 is 15.5 Å². The molecule has 0 aromatic carbocycles. The molecule has 0 saturated carbocycles. The van der Waals surface area contributed by atoms with Crippen molar-refractivity contribution in [2.75, 3.05) is 46.8 Å². The van der Waals surface area contributed by atoms with Gasteiger partial charge in [-0.1, -0.05) is 6.42 Å². The van der Waals surface area contributed by atoms with Crippen LogP contribution in [0, 0.1) is 0 Å². The molecule has 2 heterocycles. The zero-order valence-electron chi connectivity index (χ0n) is 15.4. The molecule has 6 heteroatoms. The number of halogens is 1. The molecule has 0 radical (unpaired) electrons. The Morgan fingerprint density at radius 3 is 2.35 bits per heavy atom. The van der Waals surface area contributed by atoms with Crippen molar-refractivity contribution in [3.63, 3.8) is 0 Å². The Morgan fingerprint density at radius 2 is 1.78 bits per heavy atom. The fourth-order valence-corrected chi connectivity index (χ4v) is 3.58. The van der Waals surface area contributed by atoms with Crippen LogP contribution in [0.3, 0.4) is 0 Å². The van der Waals surface area contributed by atoms with E-state index in [1.807, 2.05) is 7.05 Å². The van der Waals surface area contributed by atoms with Gasteiger partial charge in [-0.25, -0.2) is 0 Å². The van der Waals surface area contributed by atoms with Crippen molar-refractivity contribution in [1.82, 2.24) is 20.4 Å². The van der Waals surface area contributed by atoms with Crippen LogP contribution in [0.25, 0.3) is 0 Å². The van der Waals surface area contributed by atoms with Crippen LogP contribution in [-0.4, -0.2) is 74.2 Å². The molecule has 0 aromatic rings. The molecular weight excluding hydrogens is 401 g/mol. The largest absolute Gasteiger partial charge is 0.355 e. The minimum atomic E-state index is 0. The molecule has 0 aromatic heterocycles. The van der Waals surface area contributed by atoms with Crippen LogP contribution in [0.5, 0.6) is 0 Å². The summed E-state index contributed by atoms with van der Waals surface area (Å²) in [4.78, 5) is 9.43. The number of piperidine rings is 1. The van der Waals surface area contributed by atoms with E-state index in [1.165, 1.54) is 51.7 Å². The number of hydrogen-bond acceptors (Lipinski definition) is 3. The van der Waals surface area contributed by atoms with Crippen molar-refractivity contribution in [2.24, 2.45) is 4.99 Å². The van der Waals surface area contributed by atoms with E-state index in [4.69, 9.17) is 0 Å². The number of hydrogen-bond donors (Lipinski definition) is 2. The highest BCUT2D eigenvalue weighted by Crippen LogP contribution is 2.19. The van der Waals surface area contributed by atoms with E-state index in [0.29, 0.717) is 6.04 Å². The summed E-state index contributed by atoms with van der Waals surface area (Å²) < 4.78 is 0. The fourth-order valence-electron chi connectivity index (χ4n) is 3.58. The molecule has 0 aliphatic carbocycles. The van der Waals surface area contributed by atoms with Gasteiger partial charge in [-0.05, 0) is 66.2 Å². The second-order valence-electron chi connectivity index (χ2n) is 7.44. The van der Waals surface area contributed by atoms with Gasteiger partial charge in [0.25, 0.3) is 0 Å². The molecule has 23 heavy (non-hydrogen) atoms. The van der Waals surface area contributed by atoms with Gasteiger partial charge >= 0.3 is 0 Å². The molecule has 0 spiro atoms. The molecule has 136 valence electrons. The van der Waals surface area contributed by atoms with E-state index in [2.05, 4.69) is 46.3 Å². The number of guanidine groups is 1. The average molecular weight is 437 g/mol. The van der Waals surface area contributed by atoms with Crippen LogP contribution in [-0.2, 0) is 0 Å². The molecule has 2 rings (SSSR count). The topological polar surface area (TPSA) is 42.9 Å². The zero-order chi connectivity index (χ0) is 16.0. The van der Waals surface area contributed by atoms with Crippen LogP contribution in [0.2, 0.25) is 0 Å². The number of nitrogens with one attached hydrogen (secondary N) is 2. The molecule has 2 aliphatic heterocycles. The average Bonchev–Trinajstić information content (AvgIpc) is 2.93. The first-order chi connectivity index (χ1) is 10.5. The maximum absolute atomic E-state index is 4.38. The molecular formula is C17H36IN5. The fraction of sp³-hybridized carbons (Fsp3) is 0.941. The first kappa shape index (κ1) is 21.0. The second-order valence-corrected chi connectivity index (χ2v) is 7.44. The molecule has 0 bridgehead atoms. The number of rotatable bonds is 5. The second kappa shape index (κ2) is 10.0. The van der Waals surface area contributed by atoms with E-state index in [-0.39, 0.29) is 29.5 Å². The summed E-state index contributed by atoms with van der Waals surface area (Å²) in [5, 5.41) is 7.02. The van der Waals surface area contributed by atoms with Crippen LogP contribution in [0.15, 0.2) is 4.99 Å². The summed E-state index contributed by atoms with van der Waals surface area (Å²) >= 11 is 0. The van der Waals surface area contributed by atoms with Crippen molar-refractivity contribution in [1.29, 1.82) is 0 Å². The molecule has 2 saturated heterocycles. The van der Waals surface area contributed by atoms with Gasteiger partial charge in [0.05, 0.1) is 0 Å². The summed E-state index contributed by atoms with van der Waals surface area (Å²) in [6.45, 7) is 10.3. The van der Waals surface area contributed by atoms with Crippen molar-refractivity contribution in [3.05, 3.63) is 0 Å². The molecule has 1 atom stereocenters. The van der Waals surface area contributed by atoms with Gasteiger partial charge in [0.2, 0.25) is 0 Å². The van der Waals surface area contributed by atoms with Gasteiger partial charge in [-0.2, -0.15) is 0 Å². The van der Waals surface area contributed by atoms with Gasteiger partial charge in [0.15, 0.2) is 5.96 Å². The van der Waals surface area contributed by atoms with E-state index in [9.17, 15) is 0 Å². The van der Waals surface area contributed by atoms with Crippen LogP contribution in [0.4, 0.5) is 0 Å². The normalized spacial score (nSPS) is 24.3. The lowest BCUT2D eigenvalue weighted by Crippen LogP contribution is -2.55. The molecule has 2 aliphatic rings. The number of likely N-dealkylation sites (tertiary alicyclic amines) is 2. The smallest absolute Gasteiger partial charge is 0.191 e. The van der Waals surface area contributed by atoms with Crippen LogP contribution >= 0.6 is 24.0 Å². The standard InChI is InChI=1S/C17H35N5.HI/c1-17(2,22-11-6-5-7-12-22)14-20-16(18-3)19-13-15-9-8-10-21(15)4;/h15H,5-14H2,1-4H3,(H2,18,19,20);1H. The Labute approximate surface area is 159 Å². The van der Waals surface area contributed by atoms with Crippen molar-refractivity contribution >= 4 is 29.9 Å². The van der Waals surface area contributed by atoms with Crippen molar-refractivity contribution < 1.29 is 0 Å². The first-order valence-electron chi connectivity index (χ1n) is 8.93. The van der Waals surface area contributed by atoms with Gasteiger partial charge in [-0.15, -0.1) is 24.0 Å². The summed E-state index contributed by atoms with van der Waals surface area (Å²) in [7, 11) is 4.08. The number of nitrogens with zero attached hydrogens (tertiary/aromatic N) is 3. The lowest BCUT2D eigenvalue weighted by atomic mass is 9.98. The predicted molar refractivity (Wildman–Crippen MR) is 110 cm³/mol. The Hall–Kier alpha value is -0.0800. The lowest BCUT2D eigenvalue weighted by molar-refractivity contribution is 0.0982. The van der Waals surface area contributed by atoms with E-state index >= 15 is 0 Å². The highest BCUT2D eigenvalue weighted by Gasteiger charge is 2.28. The Morgan fingerprint density at radius 1 is 1.09 bits per heavy atom. The van der Waals surface area contributed by atoms with E-state index in [0.717, 1.165) is 19.0 Å². The zero-order valence-corrected chi connectivity index (χ0v) is 17.7. The van der Waals surface area contributed by atoms with Gasteiger partial charge in [0, 0.05) is 31.7 Å². The molecule has 1 unspecified atom stereocenters. The molecule has 2 N–H and O–H groups in total. The van der Waals surface area contributed by atoms with Crippen LogP contribution in [0.1, 0.15) is 46.0 Å². The third-order valence-corrected chi connectivity index (χ3v) is 5.30. The quantitative estimate of drug-likeness (QED) is 0.393. The molecule has 2 fully saturated rings. The van der Waals surface area contributed by atoms with Crippen molar-refractivity contribution in [2.45, 2.75) is 57.5 Å². The highest BCUT2D eigenvalue weighted by molar-refractivity contribution is 14.0. The summed E-state index contributed by atoms with van der Waals surface area (Å²) in [6, 6.07) is 0.647. The third-order valence-electron chi connectivity index (χ3n) is 5.30. The van der Waals surface area contributed by atoms with Crippen molar-refractivity contribution in [3.8, 4) is 0 Å². The number of likely N-dealkylation sites (N-methyl/N-ethyl adjacent to an activating group) is 1. The third kappa shape index (κ3) is 6.38. The monoisotopic (exact) mass is 437 g/mol. The minimum absolute atomic E-state index is 0.